The Kier molecular flexibility index (Phi) is 4.48. The van der Waals surface area contributed by atoms with Crippen LogP contribution in [0.15, 0.2) is 42.1 Å². The zero-order valence-corrected chi connectivity index (χ0v) is 11.1. The lowest BCUT2D eigenvalue weighted by Gasteiger charge is -2.05. The van der Waals surface area contributed by atoms with Gasteiger partial charge in [-0.1, -0.05) is 42.8 Å². The SMILES string of the molecule is CCCNCC(C)=Cc1cccc2cccnc12. The summed E-state index contributed by atoms with van der Waals surface area (Å²) in [6, 6.07) is 10.4. The third-order valence-electron chi connectivity index (χ3n) is 2.90. The lowest BCUT2D eigenvalue weighted by atomic mass is 10.1. The first-order valence-corrected chi connectivity index (χ1v) is 6.53. The largest absolute Gasteiger partial charge is 0.313 e. The van der Waals surface area contributed by atoms with Gasteiger partial charge >= 0.3 is 0 Å². The van der Waals surface area contributed by atoms with Crippen molar-refractivity contribution in [2.75, 3.05) is 13.1 Å². The Labute approximate surface area is 109 Å². The van der Waals surface area contributed by atoms with Crippen LogP contribution in [0.25, 0.3) is 17.0 Å². The minimum atomic E-state index is 0.942. The van der Waals surface area contributed by atoms with Crippen LogP contribution in [0, 0.1) is 0 Å². The van der Waals surface area contributed by atoms with Crippen LogP contribution in [-0.2, 0) is 0 Å². The van der Waals surface area contributed by atoms with Crippen LogP contribution in [0.3, 0.4) is 0 Å². The summed E-state index contributed by atoms with van der Waals surface area (Å²) < 4.78 is 0. The maximum Gasteiger partial charge on any atom is 0.0774 e. The second-order valence-corrected chi connectivity index (χ2v) is 4.59. The minimum Gasteiger partial charge on any atom is -0.313 e. The maximum absolute atomic E-state index is 4.47. The summed E-state index contributed by atoms with van der Waals surface area (Å²) in [4.78, 5) is 4.47. The average Bonchev–Trinajstić information content (AvgIpc) is 2.39. The number of hydrogen-bond acceptors (Lipinski definition) is 2. The van der Waals surface area contributed by atoms with Gasteiger partial charge in [0.1, 0.15) is 0 Å². The fraction of sp³-hybridized carbons (Fsp3) is 0.312. The third-order valence-corrected chi connectivity index (χ3v) is 2.90. The van der Waals surface area contributed by atoms with Crippen molar-refractivity contribution < 1.29 is 0 Å². The second kappa shape index (κ2) is 6.31. The van der Waals surface area contributed by atoms with E-state index in [0.717, 1.165) is 18.6 Å². The molecular weight excluding hydrogens is 220 g/mol. The molecule has 0 atom stereocenters. The summed E-state index contributed by atoms with van der Waals surface area (Å²) in [5.41, 5.74) is 3.61. The normalized spacial score (nSPS) is 12.0. The number of fused-ring (bicyclic) bond motifs is 1. The van der Waals surface area contributed by atoms with Crippen molar-refractivity contribution in [2.24, 2.45) is 0 Å². The molecule has 0 unspecified atom stereocenters. The number of nitrogens with one attached hydrogen (secondary N) is 1. The lowest BCUT2D eigenvalue weighted by Crippen LogP contribution is -2.16. The zero-order valence-electron chi connectivity index (χ0n) is 11.1. The molecule has 0 bridgehead atoms. The Morgan fingerprint density at radius 1 is 1.28 bits per heavy atom. The predicted molar refractivity (Wildman–Crippen MR) is 78.6 cm³/mol. The maximum atomic E-state index is 4.47. The van der Waals surface area contributed by atoms with E-state index in [4.69, 9.17) is 0 Å². The summed E-state index contributed by atoms with van der Waals surface area (Å²) in [7, 11) is 0. The van der Waals surface area contributed by atoms with E-state index in [0.29, 0.717) is 0 Å². The topological polar surface area (TPSA) is 24.9 Å². The molecule has 94 valence electrons. The summed E-state index contributed by atoms with van der Waals surface area (Å²) in [5.74, 6) is 0. The third kappa shape index (κ3) is 3.17. The van der Waals surface area contributed by atoms with Crippen molar-refractivity contribution in [2.45, 2.75) is 20.3 Å². The van der Waals surface area contributed by atoms with E-state index in [9.17, 15) is 0 Å². The molecule has 0 amide bonds. The van der Waals surface area contributed by atoms with Gasteiger partial charge in [-0.15, -0.1) is 0 Å². The van der Waals surface area contributed by atoms with Crippen molar-refractivity contribution in [3.8, 4) is 0 Å². The highest BCUT2D eigenvalue weighted by Gasteiger charge is 1.99. The van der Waals surface area contributed by atoms with E-state index < -0.39 is 0 Å². The van der Waals surface area contributed by atoms with Gasteiger partial charge in [0.05, 0.1) is 5.52 Å². The highest BCUT2D eigenvalue weighted by molar-refractivity contribution is 5.87. The molecule has 1 heterocycles. The van der Waals surface area contributed by atoms with Crippen molar-refractivity contribution >= 4 is 17.0 Å². The molecule has 1 aromatic carbocycles. The van der Waals surface area contributed by atoms with E-state index in [1.807, 2.05) is 12.3 Å². The summed E-state index contributed by atoms with van der Waals surface area (Å²) in [5, 5.41) is 4.61. The average molecular weight is 240 g/mol. The Bertz CT molecular complexity index is 538. The first-order chi connectivity index (χ1) is 8.81. The summed E-state index contributed by atoms with van der Waals surface area (Å²) >= 11 is 0. The molecule has 1 aromatic heterocycles. The number of pyridine rings is 1. The Balaban J connectivity index is 2.23. The van der Waals surface area contributed by atoms with Gasteiger partial charge in [0.2, 0.25) is 0 Å². The Morgan fingerprint density at radius 2 is 2.11 bits per heavy atom. The Morgan fingerprint density at radius 3 is 2.94 bits per heavy atom. The molecule has 0 aliphatic carbocycles. The smallest absolute Gasteiger partial charge is 0.0774 e. The van der Waals surface area contributed by atoms with E-state index in [1.165, 1.54) is 22.9 Å². The number of aromatic nitrogens is 1. The lowest BCUT2D eigenvalue weighted by molar-refractivity contribution is 0.715. The van der Waals surface area contributed by atoms with Crippen molar-refractivity contribution in [1.82, 2.24) is 10.3 Å². The molecule has 2 heteroatoms. The molecule has 2 nitrogen and oxygen atoms in total. The van der Waals surface area contributed by atoms with Gasteiger partial charge in [-0.25, -0.2) is 0 Å². The summed E-state index contributed by atoms with van der Waals surface area (Å²) in [6.07, 6.45) is 5.24. The molecule has 0 spiro atoms. The first-order valence-electron chi connectivity index (χ1n) is 6.53. The Hall–Kier alpha value is -1.67. The van der Waals surface area contributed by atoms with Crippen LogP contribution in [-0.4, -0.2) is 18.1 Å². The van der Waals surface area contributed by atoms with Crippen molar-refractivity contribution in [1.29, 1.82) is 0 Å². The quantitative estimate of drug-likeness (QED) is 0.807. The molecule has 1 N–H and O–H groups in total. The number of hydrogen-bond donors (Lipinski definition) is 1. The van der Waals surface area contributed by atoms with Gasteiger partial charge in [-0.3, -0.25) is 4.98 Å². The van der Waals surface area contributed by atoms with E-state index in [2.05, 4.69) is 54.5 Å². The zero-order chi connectivity index (χ0) is 12.8. The van der Waals surface area contributed by atoms with E-state index >= 15 is 0 Å². The molecule has 0 fully saturated rings. The molecule has 18 heavy (non-hydrogen) atoms. The monoisotopic (exact) mass is 240 g/mol. The van der Waals surface area contributed by atoms with Gasteiger partial charge < -0.3 is 5.32 Å². The van der Waals surface area contributed by atoms with Crippen LogP contribution in [0.1, 0.15) is 25.8 Å². The molecule has 2 rings (SSSR count). The second-order valence-electron chi connectivity index (χ2n) is 4.59. The standard InChI is InChI=1S/C16H20N2/c1-3-9-17-12-13(2)11-15-7-4-6-14-8-5-10-18-16(14)15/h4-8,10-11,17H,3,9,12H2,1-2H3. The molecule has 0 radical (unpaired) electrons. The van der Waals surface area contributed by atoms with Crippen LogP contribution in [0.5, 0.6) is 0 Å². The number of rotatable bonds is 5. The number of nitrogens with zero attached hydrogens (tertiary/aromatic N) is 1. The van der Waals surface area contributed by atoms with Gasteiger partial charge in [0.15, 0.2) is 0 Å². The molecule has 2 aromatic rings. The van der Waals surface area contributed by atoms with Crippen LogP contribution < -0.4 is 5.32 Å². The molecular formula is C16H20N2. The highest BCUT2D eigenvalue weighted by atomic mass is 14.8. The molecule has 0 saturated heterocycles. The van der Waals surface area contributed by atoms with Gasteiger partial charge in [-0.2, -0.15) is 0 Å². The van der Waals surface area contributed by atoms with E-state index in [1.54, 1.807) is 0 Å². The molecule has 0 aliphatic heterocycles. The van der Waals surface area contributed by atoms with Crippen molar-refractivity contribution in [3.05, 3.63) is 47.7 Å². The number of benzene rings is 1. The molecule has 0 saturated carbocycles. The van der Waals surface area contributed by atoms with E-state index in [-0.39, 0.29) is 0 Å². The van der Waals surface area contributed by atoms with Crippen LogP contribution in [0.2, 0.25) is 0 Å². The molecule has 0 aliphatic rings. The fourth-order valence-electron chi connectivity index (χ4n) is 2.02. The van der Waals surface area contributed by atoms with Gasteiger partial charge in [0.25, 0.3) is 0 Å². The van der Waals surface area contributed by atoms with Gasteiger partial charge in [0, 0.05) is 23.7 Å². The van der Waals surface area contributed by atoms with Crippen LogP contribution in [0.4, 0.5) is 0 Å². The van der Waals surface area contributed by atoms with Crippen LogP contribution >= 0.6 is 0 Å². The summed E-state index contributed by atoms with van der Waals surface area (Å²) in [6.45, 7) is 6.35. The first kappa shape index (κ1) is 12.8. The predicted octanol–water partition coefficient (Wildman–Crippen LogP) is 3.64. The number of para-hydroxylation sites is 1. The van der Waals surface area contributed by atoms with Gasteiger partial charge in [-0.05, 0) is 26.0 Å². The fourth-order valence-corrected chi connectivity index (χ4v) is 2.02. The highest BCUT2D eigenvalue weighted by Crippen LogP contribution is 2.18. The van der Waals surface area contributed by atoms with Crippen molar-refractivity contribution in [3.63, 3.8) is 0 Å². The minimum absolute atomic E-state index is 0.942.